The lowest BCUT2D eigenvalue weighted by atomic mass is 10.1. The fourth-order valence-corrected chi connectivity index (χ4v) is 2.01. The Morgan fingerprint density at radius 3 is 2.50 bits per heavy atom. The van der Waals surface area contributed by atoms with E-state index in [0.717, 1.165) is 24.6 Å². The molecule has 0 radical (unpaired) electrons. The van der Waals surface area contributed by atoms with Gasteiger partial charge in [0, 0.05) is 39.1 Å². The number of anilines is 1. The van der Waals surface area contributed by atoms with Gasteiger partial charge in [-0.25, -0.2) is 4.98 Å². The van der Waals surface area contributed by atoms with Crippen molar-refractivity contribution in [3.05, 3.63) is 47.8 Å². The molecule has 0 bridgehead atoms. The van der Waals surface area contributed by atoms with E-state index in [1.807, 2.05) is 12.4 Å². The number of benzene rings is 1. The number of rotatable bonds is 5. The van der Waals surface area contributed by atoms with Crippen molar-refractivity contribution in [3.63, 3.8) is 0 Å². The third-order valence-corrected chi connectivity index (χ3v) is 3.05. The van der Waals surface area contributed by atoms with Crippen molar-refractivity contribution in [2.75, 3.05) is 11.9 Å². The minimum atomic E-state index is 0.594. The summed E-state index contributed by atoms with van der Waals surface area (Å²) >= 11 is 0. The van der Waals surface area contributed by atoms with Gasteiger partial charge in [0.15, 0.2) is 0 Å². The van der Waals surface area contributed by atoms with Crippen LogP contribution in [0.1, 0.15) is 18.1 Å². The molecular weight excluding hydrogens is 224 g/mol. The van der Waals surface area contributed by atoms with Crippen LogP contribution in [0.25, 0.3) is 0 Å². The predicted octanol–water partition coefficient (Wildman–Crippen LogP) is 2.00. The lowest BCUT2D eigenvalue weighted by molar-refractivity contribution is 0.725. The zero-order chi connectivity index (χ0) is 13.0. The van der Waals surface area contributed by atoms with Crippen LogP contribution in [0.2, 0.25) is 0 Å². The van der Waals surface area contributed by atoms with E-state index in [2.05, 4.69) is 52.7 Å². The molecule has 18 heavy (non-hydrogen) atoms. The zero-order valence-electron chi connectivity index (χ0n) is 11.0. The summed E-state index contributed by atoms with van der Waals surface area (Å²) in [6, 6.07) is 8.40. The molecule has 0 amide bonds. The highest BCUT2D eigenvalue weighted by molar-refractivity contribution is 5.33. The lowest BCUT2D eigenvalue weighted by Gasteiger charge is -2.19. The largest absolute Gasteiger partial charge is 0.341 e. The quantitative estimate of drug-likeness (QED) is 0.875. The minimum Gasteiger partial charge on any atom is -0.341 e. The van der Waals surface area contributed by atoms with Gasteiger partial charge in [-0.15, -0.1) is 0 Å². The molecule has 0 aliphatic rings. The molecule has 0 saturated carbocycles. The summed E-state index contributed by atoms with van der Waals surface area (Å²) in [6.07, 6.45) is 3.84. The van der Waals surface area contributed by atoms with Crippen LogP contribution in [0, 0.1) is 0 Å². The molecule has 2 N–H and O–H groups in total. The van der Waals surface area contributed by atoms with E-state index in [1.165, 1.54) is 5.56 Å². The summed E-state index contributed by atoms with van der Waals surface area (Å²) in [5.41, 5.74) is 8.02. The van der Waals surface area contributed by atoms with E-state index >= 15 is 0 Å². The highest BCUT2D eigenvalue weighted by Crippen LogP contribution is 2.13. The summed E-state index contributed by atoms with van der Waals surface area (Å²) in [7, 11) is 2.06. The Hall–Kier alpha value is -1.81. The van der Waals surface area contributed by atoms with E-state index < -0.39 is 0 Å². The first-order valence-electron chi connectivity index (χ1n) is 6.24. The Morgan fingerprint density at radius 1 is 1.22 bits per heavy atom. The van der Waals surface area contributed by atoms with E-state index in [1.54, 1.807) is 0 Å². The summed E-state index contributed by atoms with van der Waals surface area (Å²) in [6.45, 7) is 4.50. The number of imidazole rings is 1. The number of hydrogen-bond acceptors (Lipinski definition) is 3. The predicted molar refractivity (Wildman–Crippen MR) is 74.3 cm³/mol. The topological polar surface area (TPSA) is 47.1 Å². The van der Waals surface area contributed by atoms with Crippen LogP contribution in [0.5, 0.6) is 0 Å². The van der Waals surface area contributed by atoms with Crippen molar-refractivity contribution in [2.45, 2.75) is 26.6 Å². The number of nitrogens with zero attached hydrogens (tertiary/aromatic N) is 3. The van der Waals surface area contributed by atoms with Crippen LogP contribution in [0.4, 0.5) is 5.95 Å². The molecule has 4 nitrogen and oxygen atoms in total. The van der Waals surface area contributed by atoms with Crippen molar-refractivity contribution < 1.29 is 0 Å². The van der Waals surface area contributed by atoms with Crippen LogP contribution in [0.15, 0.2) is 36.7 Å². The molecule has 96 valence electrons. The second-order valence-electron chi connectivity index (χ2n) is 4.39. The first-order valence-corrected chi connectivity index (χ1v) is 6.24. The highest BCUT2D eigenvalue weighted by Gasteiger charge is 2.07. The summed E-state index contributed by atoms with van der Waals surface area (Å²) < 4.78 is 2.13. The van der Waals surface area contributed by atoms with Gasteiger partial charge in [-0.1, -0.05) is 24.3 Å². The fourth-order valence-electron chi connectivity index (χ4n) is 2.01. The maximum atomic E-state index is 5.59. The van der Waals surface area contributed by atoms with Crippen molar-refractivity contribution in [1.82, 2.24) is 9.55 Å². The second-order valence-corrected chi connectivity index (χ2v) is 4.39. The Kier molecular flexibility index (Phi) is 3.99. The maximum Gasteiger partial charge on any atom is 0.205 e. The lowest BCUT2D eigenvalue weighted by Crippen LogP contribution is -2.20. The summed E-state index contributed by atoms with van der Waals surface area (Å²) in [5.74, 6) is 1.00. The SMILES string of the molecule is CCn1ccnc1N(C)Cc1ccc(CN)cc1. The Morgan fingerprint density at radius 2 is 1.89 bits per heavy atom. The Bertz CT molecular complexity index is 487. The average Bonchev–Trinajstić information content (AvgIpc) is 2.88. The number of hydrogen-bond donors (Lipinski definition) is 1. The first-order chi connectivity index (χ1) is 8.74. The van der Waals surface area contributed by atoms with Gasteiger partial charge in [0.1, 0.15) is 0 Å². The monoisotopic (exact) mass is 244 g/mol. The first kappa shape index (κ1) is 12.6. The summed E-state index contributed by atoms with van der Waals surface area (Å²) in [4.78, 5) is 6.54. The standard InChI is InChI=1S/C14H20N4/c1-3-18-9-8-16-14(18)17(2)11-13-6-4-12(10-15)5-7-13/h4-9H,3,10-11,15H2,1-2H3. The van der Waals surface area contributed by atoms with E-state index in [-0.39, 0.29) is 0 Å². The minimum absolute atomic E-state index is 0.594. The van der Waals surface area contributed by atoms with Gasteiger partial charge >= 0.3 is 0 Å². The van der Waals surface area contributed by atoms with Crippen LogP contribution in [0.3, 0.4) is 0 Å². The number of nitrogens with two attached hydrogens (primary N) is 1. The Labute approximate surface area is 108 Å². The molecule has 2 aromatic rings. The molecule has 0 aliphatic heterocycles. The van der Waals surface area contributed by atoms with Crippen LogP contribution >= 0.6 is 0 Å². The maximum absolute atomic E-state index is 5.59. The highest BCUT2D eigenvalue weighted by atomic mass is 15.3. The van der Waals surface area contributed by atoms with E-state index in [0.29, 0.717) is 6.54 Å². The van der Waals surface area contributed by atoms with Crippen LogP contribution in [-0.4, -0.2) is 16.6 Å². The normalized spacial score (nSPS) is 10.6. The van der Waals surface area contributed by atoms with Gasteiger partial charge in [-0.2, -0.15) is 0 Å². The van der Waals surface area contributed by atoms with Crippen molar-refractivity contribution in [1.29, 1.82) is 0 Å². The van der Waals surface area contributed by atoms with E-state index in [9.17, 15) is 0 Å². The number of aromatic nitrogens is 2. The van der Waals surface area contributed by atoms with Crippen LogP contribution < -0.4 is 10.6 Å². The van der Waals surface area contributed by atoms with Crippen molar-refractivity contribution >= 4 is 5.95 Å². The number of aryl methyl sites for hydroxylation is 1. The average molecular weight is 244 g/mol. The molecule has 0 aliphatic carbocycles. The molecule has 1 aromatic heterocycles. The molecular formula is C14H20N4. The molecule has 1 heterocycles. The Balaban J connectivity index is 2.08. The molecule has 0 fully saturated rings. The third kappa shape index (κ3) is 2.71. The molecule has 0 saturated heterocycles. The van der Waals surface area contributed by atoms with Gasteiger partial charge in [0.2, 0.25) is 5.95 Å². The molecule has 4 heteroatoms. The smallest absolute Gasteiger partial charge is 0.205 e. The van der Waals surface area contributed by atoms with Gasteiger partial charge in [-0.3, -0.25) is 0 Å². The van der Waals surface area contributed by atoms with Gasteiger partial charge in [0.05, 0.1) is 0 Å². The van der Waals surface area contributed by atoms with Crippen molar-refractivity contribution in [2.24, 2.45) is 5.73 Å². The third-order valence-electron chi connectivity index (χ3n) is 3.05. The van der Waals surface area contributed by atoms with Gasteiger partial charge < -0.3 is 15.2 Å². The van der Waals surface area contributed by atoms with Gasteiger partial charge in [0.25, 0.3) is 0 Å². The van der Waals surface area contributed by atoms with E-state index in [4.69, 9.17) is 5.73 Å². The molecule has 1 aromatic carbocycles. The van der Waals surface area contributed by atoms with Gasteiger partial charge in [-0.05, 0) is 18.1 Å². The molecule has 0 spiro atoms. The van der Waals surface area contributed by atoms with Crippen LogP contribution in [-0.2, 0) is 19.6 Å². The molecule has 0 unspecified atom stereocenters. The summed E-state index contributed by atoms with van der Waals surface area (Å²) in [5, 5.41) is 0. The fraction of sp³-hybridized carbons (Fsp3) is 0.357. The second kappa shape index (κ2) is 5.69. The molecule has 2 rings (SSSR count). The molecule has 0 atom stereocenters. The van der Waals surface area contributed by atoms with Crippen molar-refractivity contribution in [3.8, 4) is 0 Å². The zero-order valence-corrected chi connectivity index (χ0v) is 11.0.